The van der Waals surface area contributed by atoms with Crippen molar-refractivity contribution in [1.82, 2.24) is 34.4 Å². The number of nitrogens with one attached hydrogen (secondary N) is 3. The van der Waals surface area contributed by atoms with Crippen LogP contribution >= 0.6 is 11.6 Å². The van der Waals surface area contributed by atoms with Crippen LogP contribution in [-0.2, 0) is 22.8 Å². The third-order valence-corrected chi connectivity index (χ3v) is 11.4. The van der Waals surface area contributed by atoms with Gasteiger partial charge in [0, 0.05) is 88.6 Å². The Hall–Kier alpha value is -5.53. The smallest absolute Gasteiger partial charge is 0.435 e. The van der Waals surface area contributed by atoms with E-state index < -0.39 is 35.1 Å². The maximum absolute atomic E-state index is 14.6. The summed E-state index contributed by atoms with van der Waals surface area (Å²) in [4.78, 5) is 60.3. The molecule has 0 saturated carbocycles. The first-order chi connectivity index (χ1) is 28.5. The van der Waals surface area contributed by atoms with E-state index in [1.807, 2.05) is 6.92 Å². The Morgan fingerprint density at radius 2 is 1.78 bits per heavy atom. The van der Waals surface area contributed by atoms with Gasteiger partial charge in [0.1, 0.15) is 5.69 Å². The molecular weight excluding hydrogens is 812 g/mol. The standard InChI is InChI=1S/C40H47ClF4N10O5/c1-3-25(10-12-52(11-4-5-34(56)57)22-24-19-47-20-24)38(59)53-13-15-54(16-14-53)39(60)28-8-7-27(18-30(28)41)49-37(58)36-48-21-33(51(36)2)29-23-55(50-35(29)40(43,44)45)32-9-6-26(46)17-31(32)42/h6-9,17-18,21,23-25,47H,3-5,10-16,19-20,22,46H2,1-2H3,(H,49,58)(H,56,57)/p+1. The summed E-state index contributed by atoms with van der Waals surface area (Å²) in [6, 6.07) is 7.78. The number of halogens is 5. The second-order valence-electron chi connectivity index (χ2n) is 15.2. The fraction of sp³-hybridized carbons (Fsp3) is 0.450. The molecule has 6 rings (SSSR count). The summed E-state index contributed by atoms with van der Waals surface area (Å²) in [6.45, 7) is 7.66. The van der Waals surface area contributed by atoms with Gasteiger partial charge in [-0.3, -0.25) is 19.2 Å². The predicted octanol–water partition coefficient (Wildman–Crippen LogP) is 3.59. The number of nitrogen functional groups attached to an aromatic ring is 1. The molecule has 0 aliphatic carbocycles. The molecule has 3 amide bonds. The highest BCUT2D eigenvalue weighted by molar-refractivity contribution is 6.34. The van der Waals surface area contributed by atoms with Crippen molar-refractivity contribution >= 4 is 46.7 Å². The number of piperazine rings is 1. The average Bonchev–Trinajstić information content (AvgIpc) is 3.80. The lowest BCUT2D eigenvalue weighted by Crippen LogP contribution is -3.13. The summed E-state index contributed by atoms with van der Waals surface area (Å²) in [5, 5.41) is 18.6. The number of quaternary nitrogens is 1. The van der Waals surface area contributed by atoms with Crippen LogP contribution in [0.15, 0.2) is 48.8 Å². The lowest BCUT2D eigenvalue weighted by Gasteiger charge is -2.37. The number of anilines is 2. The largest absolute Gasteiger partial charge is 0.481 e. The Morgan fingerprint density at radius 1 is 1.07 bits per heavy atom. The van der Waals surface area contributed by atoms with Crippen molar-refractivity contribution in [1.29, 1.82) is 0 Å². The SMILES string of the molecule is CCC(CC[NH+](CCCC(=O)O)CC1CNC1)C(=O)N1CCN(C(=O)c2ccc(NC(=O)c3ncc(-c4cn(-c5ccc(N)cc5F)nc4C(F)(F)F)n3C)cc2Cl)CC1. The molecule has 322 valence electrons. The second-order valence-corrected chi connectivity index (χ2v) is 15.6. The predicted molar refractivity (Wildman–Crippen MR) is 214 cm³/mol. The molecular formula is C40H48ClF4N10O5+. The lowest BCUT2D eigenvalue weighted by molar-refractivity contribution is -0.904. The minimum absolute atomic E-state index is 0.0437. The molecule has 60 heavy (non-hydrogen) atoms. The number of nitrogens with two attached hydrogens (primary N) is 1. The third-order valence-electron chi connectivity index (χ3n) is 11.1. The number of alkyl halides is 3. The van der Waals surface area contributed by atoms with Crippen molar-refractivity contribution in [3.63, 3.8) is 0 Å². The minimum Gasteiger partial charge on any atom is -0.481 e. The molecule has 2 unspecified atom stereocenters. The van der Waals surface area contributed by atoms with Gasteiger partial charge in [-0.15, -0.1) is 0 Å². The number of aromatic nitrogens is 4. The molecule has 0 spiro atoms. The molecule has 2 fully saturated rings. The van der Waals surface area contributed by atoms with E-state index in [1.165, 1.54) is 42.3 Å². The highest BCUT2D eigenvalue weighted by Gasteiger charge is 2.39. The molecule has 0 radical (unpaired) electrons. The van der Waals surface area contributed by atoms with Crippen molar-refractivity contribution in [2.75, 3.05) is 70.0 Å². The molecule has 4 heterocycles. The normalized spacial score (nSPS) is 15.7. The van der Waals surface area contributed by atoms with Crippen LogP contribution in [0, 0.1) is 17.7 Å². The summed E-state index contributed by atoms with van der Waals surface area (Å²) >= 11 is 6.54. The molecule has 20 heteroatoms. The second kappa shape index (κ2) is 18.8. The number of imidazole rings is 1. The lowest BCUT2D eigenvalue weighted by atomic mass is 9.98. The molecule has 2 aliphatic heterocycles. The van der Waals surface area contributed by atoms with Gasteiger partial charge in [0.15, 0.2) is 17.3 Å². The summed E-state index contributed by atoms with van der Waals surface area (Å²) in [5.41, 5.74) is 3.90. The molecule has 2 aromatic carbocycles. The van der Waals surface area contributed by atoms with Gasteiger partial charge in [0.25, 0.3) is 11.8 Å². The first-order valence-corrected chi connectivity index (χ1v) is 20.1. The van der Waals surface area contributed by atoms with E-state index in [0.717, 1.165) is 60.4 Å². The van der Waals surface area contributed by atoms with E-state index in [-0.39, 0.29) is 63.3 Å². The molecule has 2 atom stereocenters. The molecule has 2 aliphatic rings. The summed E-state index contributed by atoms with van der Waals surface area (Å²) in [5.74, 6) is -2.66. The Labute approximate surface area is 348 Å². The Morgan fingerprint density at radius 3 is 2.40 bits per heavy atom. The number of hydrogen-bond acceptors (Lipinski definition) is 8. The molecule has 6 N–H and O–H groups in total. The van der Waals surface area contributed by atoms with Gasteiger partial charge in [-0.05, 0) is 42.8 Å². The van der Waals surface area contributed by atoms with Gasteiger partial charge < -0.3 is 40.7 Å². The Kier molecular flexibility index (Phi) is 13.8. The van der Waals surface area contributed by atoms with Crippen LogP contribution in [0.4, 0.5) is 28.9 Å². The molecule has 4 aromatic rings. The Balaban J connectivity index is 1.05. The Bertz CT molecular complexity index is 2220. The number of nitrogens with zero attached hydrogens (tertiary/aromatic N) is 6. The first kappa shape index (κ1) is 44.0. The van der Waals surface area contributed by atoms with Crippen molar-refractivity contribution in [2.45, 2.75) is 38.8 Å². The topological polar surface area (TPSA) is 185 Å². The van der Waals surface area contributed by atoms with Crippen molar-refractivity contribution < 1.29 is 46.7 Å². The van der Waals surface area contributed by atoms with Crippen LogP contribution in [0.2, 0.25) is 5.02 Å². The van der Waals surface area contributed by atoms with Crippen molar-refractivity contribution in [2.24, 2.45) is 18.9 Å². The van der Waals surface area contributed by atoms with E-state index in [9.17, 15) is 36.7 Å². The van der Waals surface area contributed by atoms with Gasteiger partial charge in [0.2, 0.25) is 5.91 Å². The summed E-state index contributed by atoms with van der Waals surface area (Å²) in [7, 11) is 1.35. The monoisotopic (exact) mass is 859 g/mol. The molecule has 15 nitrogen and oxygen atoms in total. The van der Waals surface area contributed by atoms with Crippen LogP contribution < -0.4 is 21.3 Å². The zero-order chi connectivity index (χ0) is 43.3. The van der Waals surface area contributed by atoms with Gasteiger partial charge in [-0.25, -0.2) is 14.1 Å². The fourth-order valence-corrected chi connectivity index (χ4v) is 7.85. The zero-order valence-corrected chi connectivity index (χ0v) is 34.0. The highest BCUT2D eigenvalue weighted by atomic mass is 35.5. The fourth-order valence-electron chi connectivity index (χ4n) is 7.59. The molecule has 0 bridgehead atoms. The maximum Gasteiger partial charge on any atom is 0.435 e. The quantitative estimate of drug-likeness (QED) is 0.0831. The van der Waals surface area contributed by atoms with E-state index in [4.69, 9.17) is 22.4 Å². The number of carboxylic acids is 1. The third kappa shape index (κ3) is 10.2. The van der Waals surface area contributed by atoms with Crippen molar-refractivity contribution in [3.8, 4) is 16.9 Å². The van der Waals surface area contributed by atoms with E-state index in [0.29, 0.717) is 51.4 Å². The van der Waals surface area contributed by atoms with Crippen LogP contribution in [-0.4, -0.2) is 117 Å². The van der Waals surface area contributed by atoms with Crippen LogP contribution in [0.25, 0.3) is 16.9 Å². The van der Waals surface area contributed by atoms with Gasteiger partial charge in [-0.2, -0.15) is 18.3 Å². The van der Waals surface area contributed by atoms with Gasteiger partial charge >= 0.3 is 12.1 Å². The number of carbonyl (C=O) groups is 4. The number of amides is 3. The minimum atomic E-state index is -4.93. The number of carboxylic acid groups (broad SMARTS) is 1. The summed E-state index contributed by atoms with van der Waals surface area (Å²) < 4.78 is 58.8. The van der Waals surface area contributed by atoms with E-state index >= 15 is 0 Å². The zero-order valence-electron chi connectivity index (χ0n) is 33.2. The number of carbonyl (C=O) groups excluding carboxylic acids is 3. The number of rotatable bonds is 16. The van der Waals surface area contributed by atoms with E-state index in [1.54, 1.807) is 9.80 Å². The number of benzene rings is 2. The van der Waals surface area contributed by atoms with E-state index in [2.05, 4.69) is 20.7 Å². The van der Waals surface area contributed by atoms with Crippen molar-refractivity contribution in [3.05, 3.63) is 76.7 Å². The maximum atomic E-state index is 14.6. The van der Waals surface area contributed by atoms with Gasteiger partial charge in [-0.1, -0.05) is 18.5 Å². The van der Waals surface area contributed by atoms with Gasteiger partial charge in [0.05, 0.1) is 54.1 Å². The number of hydrogen-bond donors (Lipinski definition) is 5. The van der Waals surface area contributed by atoms with Crippen LogP contribution in [0.1, 0.15) is 59.3 Å². The first-order valence-electron chi connectivity index (χ1n) is 19.7. The van der Waals surface area contributed by atoms with Crippen LogP contribution in [0.3, 0.4) is 0 Å². The number of aliphatic carboxylic acids is 1. The highest BCUT2D eigenvalue weighted by Crippen LogP contribution is 2.37. The molecule has 2 aromatic heterocycles. The molecule has 2 saturated heterocycles. The summed E-state index contributed by atoms with van der Waals surface area (Å²) in [6.07, 6.45) is -0.792. The average molecular weight is 860 g/mol. The van der Waals surface area contributed by atoms with Crippen LogP contribution in [0.5, 0.6) is 0 Å².